The highest BCUT2D eigenvalue weighted by Gasteiger charge is 2.61. The fraction of sp³-hybridized carbons (Fsp3) is 0.700. The first-order valence-corrected chi connectivity index (χ1v) is 8.92. The van der Waals surface area contributed by atoms with Crippen molar-refractivity contribution in [2.24, 2.45) is 11.8 Å². The molecule has 1 saturated carbocycles. The number of esters is 1. The molecule has 2 aliphatic carbocycles. The van der Waals surface area contributed by atoms with Crippen molar-refractivity contribution in [2.45, 2.75) is 30.0 Å². The van der Waals surface area contributed by atoms with Gasteiger partial charge in [0.25, 0.3) is 0 Å². The van der Waals surface area contributed by atoms with Crippen LogP contribution in [0.1, 0.15) is 19.8 Å². The van der Waals surface area contributed by atoms with Crippen LogP contribution in [0, 0.1) is 11.8 Å². The number of ether oxygens (including phenoxy) is 1. The molecule has 2 bridgehead atoms. The molecule has 4 unspecified atom stereocenters. The lowest BCUT2D eigenvalue weighted by molar-refractivity contribution is -0.148. The lowest BCUT2D eigenvalue weighted by Gasteiger charge is -2.19. The van der Waals surface area contributed by atoms with E-state index in [2.05, 4.69) is 0 Å². The predicted molar refractivity (Wildman–Crippen MR) is 64.2 cm³/mol. The van der Waals surface area contributed by atoms with Crippen molar-refractivity contribution < 1.29 is 39.5 Å². The van der Waals surface area contributed by atoms with Crippen molar-refractivity contribution in [3.8, 4) is 0 Å². The van der Waals surface area contributed by atoms with Gasteiger partial charge in [0, 0.05) is 11.8 Å². The van der Waals surface area contributed by atoms with E-state index >= 15 is 0 Å². The molecule has 3 aliphatic rings. The molecule has 11 heteroatoms. The largest absolute Gasteiger partial charge is 0.424 e. The Morgan fingerprint density at radius 3 is 2.67 bits per heavy atom. The van der Waals surface area contributed by atoms with Crippen LogP contribution >= 0.6 is 0 Å². The predicted octanol–water partition coefficient (Wildman–Crippen LogP) is 0.0831. The van der Waals surface area contributed by atoms with Gasteiger partial charge >= 0.3 is 31.2 Å². The molecular weight excluding hydrogens is 331 g/mol. The summed E-state index contributed by atoms with van der Waals surface area (Å²) in [6.45, 7) is 0.345. The van der Waals surface area contributed by atoms with Crippen LogP contribution in [0.25, 0.3) is 0 Å². The number of carbonyl (C=O) groups is 1. The van der Waals surface area contributed by atoms with Gasteiger partial charge in [-0.05, 0) is 19.8 Å². The third-order valence-electron chi connectivity index (χ3n) is 4.08. The van der Waals surface area contributed by atoms with Crippen LogP contribution in [0.3, 0.4) is 0 Å². The van der Waals surface area contributed by atoms with Gasteiger partial charge in [0.2, 0.25) is 0 Å². The fourth-order valence-electron chi connectivity index (χ4n) is 2.91. The van der Waals surface area contributed by atoms with Gasteiger partial charge in [-0.2, -0.15) is 16.8 Å². The molecular formula is C10H11FO8S2. The molecule has 21 heavy (non-hydrogen) atoms. The molecule has 2 fully saturated rings. The summed E-state index contributed by atoms with van der Waals surface area (Å²) < 4.78 is 76.9. The van der Waals surface area contributed by atoms with Crippen LogP contribution in [-0.2, 0) is 34.0 Å². The van der Waals surface area contributed by atoms with Gasteiger partial charge in [0.15, 0.2) is 11.5 Å². The molecule has 1 heterocycles. The summed E-state index contributed by atoms with van der Waals surface area (Å²) >= 11 is 0. The van der Waals surface area contributed by atoms with Crippen molar-refractivity contribution >= 4 is 26.2 Å². The highest BCUT2D eigenvalue weighted by Crippen LogP contribution is 2.57. The highest BCUT2D eigenvalue weighted by molar-refractivity contribution is 7.88. The quantitative estimate of drug-likeness (QED) is 0.434. The van der Waals surface area contributed by atoms with E-state index in [-0.39, 0.29) is 17.9 Å². The second kappa shape index (κ2) is 3.96. The van der Waals surface area contributed by atoms with E-state index in [0.717, 1.165) is 0 Å². The van der Waals surface area contributed by atoms with Gasteiger partial charge in [-0.15, -0.1) is 0 Å². The monoisotopic (exact) mass is 342 g/mol. The Hall–Kier alpha value is -1.20. The number of halogens is 1. The third kappa shape index (κ3) is 1.90. The maximum atomic E-state index is 13.8. The molecule has 118 valence electrons. The van der Waals surface area contributed by atoms with Crippen LogP contribution < -0.4 is 0 Å². The van der Waals surface area contributed by atoms with E-state index in [0.29, 0.717) is 13.3 Å². The average molecular weight is 342 g/mol. The van der Waals surface area contributed by atoms with Crippen LogP contribution in [0.5, 0.6) is 0 Å². The van der Waals surface area contributed by atoms with Gasteiger partial charge < -0.3 is 8.92 Å². The SMILES string of the molecule is CC(F)(C(=O)OC1=C2OS(=O)(=O)C3CC1CC23)S(=O)(=O)O. The second-order valence-electron chi connectivity index (χ2n) is 5.40. The number of fused-ring (bicyclic) bond motifs is 1. The van der Waals surface area contributed by atoms with Crippen molar-refractivity contribution in [1.82, 2.24) is 0 Å². The standard InChI is InChI=1S/C10H11FO8S2/c1-10(11,21(15,16)17)9(12)18-7-4-2-5-6(3-4)20(13,14)19-8(5)7/h4-6H,2-3H2,1H3,(H,15,16,17). The molecule has 3 rings (SSSR count). The normalized spacial score (nSPS) is 35.5. The molecule has 1 aliphatic heterocycles. The first kappa shape index (κ1) is 14.7. The summed E-state index contributed by atoms with van der Waals surface area (Å²) in [5, 5.41) is -4.34. The minimum Gasteiger partial charge on any atom is -0.424 e. The first-order valence-electron chi connectivity index (χ1n) is 6.00. The maximum Gasteiger partial charge on any atom is 0.367 e. The lowest BCUT2D eigenvalue weighted by atomic mass is 10.0. The van der Waals surface area contributed by atoms with Crippen molar-refractivity contribution in [2.75, 3.05) is 0 Å². The molecule has 0 aromatic heterocycles. The molecule has 1 N–H and O–H groups in total. The molecule has 0 aromatic carbocycles. The van der Waals surface area contributed by atoms with Gasteiger partial charge in [-0.3, -0.25) is 4.55 Å². The van der Waals surface area contributed by atoms with Crippen molar-refractivity contribution in [3.05, 3.63) is 11.5 Å². The van der Waals surface area contributed by atoms with Gasteiger partial charge in [-0.1, -0.05) is 0 Å². The number of allylic oxidation sites excluding steroid dienone is 2. The van der Waals surface area contributed by atoms with E-state index in [1.54, 1.807) is 0 Å². The van der Waals surface area contributed by atoms with Gasteiger partial charge in [-0.25, -0.2) is 9.18 Å². The van der Waals surface area contributed by atoms with E-state index in [4.69, 9.17) is 13.5 Å². The van der Waals surface area contributed by atoms with Crippen LogP contribution in [0.2, 0.25) is 0 Å². The smallest absolute Gasteiger partial charge is 0.367 e. The van der Waals surface area contributed by atoms with Crippen LogP contribution in [0.4, 0.5) is 4.39 Å². The summed E-state index contributed by atoms with van der Waals surface area (Å²) in [6.07, 6.45) is 0.560. The number of hydrogen-bond acceptors (Lipinski definition) is 7. The summed E-state index contributed by atoms with van der Waals surface area (Å²) in [5.74, 6) is -2.93. The first-order chi connectivity index (χ1) is 9.45. The summed E-state index contributed by atoms with van der Waals surface area (Å²) in [7, 11) is -9.09. The Morgan fingerprint density at radius 2 is 2.10 bits per heavy atom. The summed E-state index contributed by atoms with van der Waals surface area (Å²) in [5.41, 5.74) is 0. The van der Waals surface area contributed by atoms with E-state index in [1.807, 2.05) is 0 Å². The molecule has 1 saturated heterocycles. The van der Waals surface area contributed by atoms with Crippen molar-refractivity contribution in [3.63, 3.8) is 0 Å². The van der Waals surface area contributed by atoms with Crippen LogP contribution in [-0.4, -0.2) is 37.6 Å². The fourth-order valence-corrected chi connectivity index (χ4v) is 4.85. The zero-order valence-corrected chi connectivity index (χ0v) is 12.3. The van der Waals surface area contributed by atoms with Gasteiger partial charge in [0.05, 0.1) is 0 Å². The average Bonchev–Trinajstić information content (AvgIpc) is 2.91. The van der Waals surface area contributed by atoms with Crippen LogP contribution in [0.15, 0.2) is 11.5 Å². The van der Waals surface area contributed by atoms with Crippen molar-refractivity contribution in [1.29, 1.82) is 0 Å². The number of alkyl halides is 1. The van der Waals surface area contributed by atoms with E-state index < -0.39 is 48.3 Å². The minimum atomic E-state index is -5.32. The zero-order valence-electron chi connectivity index (χ0n) is 10.6. The molecule has 4 atom stereocenters. The number of hydrogen-bond donors (Lipinski definition) is 1. The Balaban J connectivity index is 1.91. The lowest BCUT2D eigenvalue weighted by Crippen LogP contribution is -2.40. The zero-order chi connectivity index (χ0) is 15.8. The maximum absolute atomic E-state index is 13.8. The molecule has 0 spiro atoms. The minimum absolute atomic E-state index is 0.0595. The molecule has 8 nitrogen and oxygen atoms in total. The Bertz CT molecular complexity index is 763. The van der Waals surface area contributed by atoms with E-state index in [1.165, 1.54) is 0 Å². The number of carbonyl (C=O) groups excluding carboxylic acids is 1. The highest BCUT2D eigenvalue weighted by atomic mass is 32.2. The second-order valence-corrected chi connectivity index (χ2v) is 8.87. The Labute approximate surface area is 119 Å². The molecule has 0 aromatic rings. The van der Waals surface area contributed by atoms with Gasteiger partial charge in [0.1, 0.15) is 5.25 Å². The Kier molecular flexibility index (Phi) is 2.77. The Morgan fingerprint density at radius 1 is 1.48 bits per heavy atom. The molecule has 0 radical (unpaired) electrons. The summed E-state index contributed by atoms with van der Waals surface area (Å²) in [4.78, 5) is 11.6. The van der Waals surface area contributed by atoms with E-state index in [9.17, 15) is 26.0 Å². The number of rotatable bonds is 3. The topological polar surface area (TPSA) is 124 Å². The third-order valence-corrected chi connectivity index (χ3v) is 6.89. The molecule has 0 amide bonds. The summed E-state index contributed by atoms with van der Waals surface area (Å²) in [6, 6.07) is 0.